The van der Waals surface area contributed by atoms with Crippen molar-refractivity contribution >= 4 is 5.91 Å². The minimum absolute atomic E-state index is 0.0753. The topological polar surface area (TPSA) is 50.4 Å². The molecule has 0 spiro atoms. The van der Waals surface area contributed by atoms with Gasteiger partial charge >= 0.3 is 0 Å². The van der Waals surface area contributed by atoms with E-state index in [1.165, 1.54) is 0 Å². The molecule has 0 saturated carbocycles. The van der Waals surface area contributed by atoms with Gasteiger partial charge in [0.2, 0.25) is 5.91 Å². The van der Waals surface area contributed by atoms with Gasteiger partial charge in [-0.2, -0.15) is 0 Å². The van der Waals surface area contributed by atoms with Crippen molar-refractivity contribution in [1.29, 1.82) is 0 Å². The number of ether oxygens (including phenoxy) is 1. The molecule has 0 aliphatic carbocycles. The van der Waals surface area contributed by atoms with Gasteiger partial charge in [-0.3, -0.25) is 4.79 Å². The Morgan fingerprint density at radius 1 is 1.13 bits per heavy atom. The molecule has 0 aromatic heterocycles. The van der Waals surface area contributed by atoms with Crippen LogP contribution < -0.4 is 10.6 Å². The third-order valence-corrected chi connectivity index (χ3v) is 1.85. The molecule has 0 bridgehead atoms. The average Bonchev–Trinajstić information content (AvgIpc) is 2.25. The molecule has 4 heteroatoms. The number of nitrogens with one attached hydrogen (secondary N) is 2. The fourth-order valence-electron chi connectivity index (χ4n) is 1.07. The second-order valence-corrected chi connectivity index (χ2v) is 3.49. The molecule has 0 rings (SSSR count). The van der Waals surface area contributed by atoms with Crippen LogP contribution in [0.1, 0.15) is 33.1 Å². The summed E-state index contributed by atoms with van der Waals surface area (Å²) in [5.41, 5.74) is 0. The Labute approximate surface area is 92.8 Å². The van der Waals surface area contributed by atoms with E-state index >= 15 is 0 Å². The standard InChI is InChI=1S/C11H24N2O2/c1-3-6-13-11(14)10-12-7-5-9-15-8-4-2/h12H,3-10H2,1-2H3,(H,13,14). The van der Waals surface area contributed by atoms with E-state index in [1.54, 1.807) is 0 Å². The molecule has 0 unspecified atom stereocenters. The monoisotopic (exact) mass is 216 g/mol. The molecule has 0 aliphatic heterocycles. The van der Waals surface area contributed by atoms with Crippen LogP contribution in [0.2, 0.25) is 0 Å². The Bertz CT molecular complexity index is 152. The first kappa shape index (κ1) is 14.4. The second kappa shape index (κ2) is 11.5. The molecule has 15 heavy (non-hydrogen) atoms. The smallest absolute Gasteiger partial charge is 0.233 e. The lowest BCUT2D eigenvalue weighted by atomic mass is 10.4. The summed E-state index contributed by atoms with van der Waals surface area (Å²) in [5.74, 6) is 0.0753. The zero-order chi connectivity index (χ0) is 11.4. The largest absolute Gasteiger partial charge is 0.381 e. The van der Waals surface area contributed by atoms with Crippen molar-refractivity contribution in [2.75, 3.05) is 32.8 Å². The molecule has 4 nitrogen and oxygen atoms in total. The Morgan fingerprint density at radius 2 is 1.93 bits per heavy atom. The van der Waals surface area contributed by atoms with Crippen molar-refractivity contribution in [3.8, 4) is 0 Å². The van der Waals surface area contributed by atoms with Gasteiger partial charge in [-0.1, -0.05) is 13.8 Å². The summed E-state index contributed by atoms with van der Waals surface area (Å²) in [6.07, 6.45) is 3.00. The molecule has 0 fully saturated rings. The van der Waals surface area contributed by atoms with Crippen LogP contribution in [0.5, 0.6) is 0 Å². The number of amides is 1. The van der Waals surface area contributed by atoms with Gasteiger partial charge in [0.15, 0.2) is 0 Å². The van der Waals surface area contributed by atoms with Gasteiger partial charge in [0, 0.05) is 19.8 Å². The summed E-state index contributed by atoms with van der Waals surface area (Å²) < 4.78 is 5.31. The summed E-state index contributed by atoms with van der Waals surface area (Å²) in [5, 5.41) is 5.89. The molecule has 0 saturated heterocycles. The quantitative estimate of drug-likeness (QED) is 0.534. The number of hydrogen-bond acceptors (Lipinski definition) is 3. The lowest BCUT2D eigenvalue weighted by Crippen LogP contribution is -2.34. The summed E-state index contributed by atoms with van der Waals surface area (Å²) in [6.45, 7) is 7.75. The van der Waals surface area contributed by atoms with Gasteiger partial charge in [-0.05, 0) is 25.8 Å². The van der Waals surface area contributed by atoms with Crippen molar-refractivity contribution in [3.63, 3.8) is 0 Å². The highest BCUT2D eigenvalue weighted by atomic mass is 16.5. The Balaban J connectivity index is 3.06. The molecule has 1 amide bonds. The number of carbonyl (C=O) groups excluding carboxylic acids is 1. The third kappa shape index (κ3) is 11.3. The lowest BCUT2D eigenvalue weighted by molar-refractivity contribution is -0.120. The molecule has 0 aromatic carbocycles. The van der Waals surface area contributed by atoms with Crippen LogP contribution >= 0.6 is 0 Å². The molecule has 0 aromatic rings. The van der Waals surface area contributed by atoms with Crippen molar-refractivity contribution in [3.05, 3.63) is 0 Å². The van der Waals surface area contributed by atoms with Crippen molar-refractivity contribution in [2.45, 2.75) is 33.1 Å². The van der Waals surface area contributed by atoms with E-state index in [1.807, 2.05) is 6.92 Å². The Kier molecular flexibility index (Phi) is 11.0. The van der Waals surface area contributed by atoms with E-state index in [-0.39, 0.29) is 5.91 Å². The van der Waals surface area contributed by atoms with Gasteiger partial charge in [0.05, 0.1) is 6.54 Å². The molecule has 0 radical (unpaired) electrons. The summed E-state index contributed by atoms with van der Waals surface area (Å²) in [6, 6.07) is 0. The van der Waals surface area contributed by atoms with E-state index in [0.29, 0.717) is 6.54 Å². The summed E-state index contributed by atoms with van der Waals surface area (Å²) in [7, 11) is 0. The minimum Gasteiger partial charge on any atom is -0.381 e. The highest BCUT2D eigenvalue weighted by Crippen LogP contribution is 1.83. The van der Waals surface area contributed by atoms with Crippen LogP contribution in [0.25, 0.3) is 0 Å². The fourth-order valence-corrected chi connectivity index (χ4v) is 1.07. The van der Waals surface area contributed by atoms with Crippen LogP contribution in [0, 0.1) is 0 Å². The number of carbonyl (C=O) groups is 1. The maximum atomic E-state index is 11.1. The van der Waals surface area contributed by atoms with Crippen molar-refractivity contribution < 1.29 is 9.53 Å². The summed E-state index contributed by atoms with van der Waals surface area (Å²) in [4.78, 5) is 11.1. The SMILES string of the molecule is CCCNC(=O)CNCCCOCCC. The number of hydrogen-bond donors (Lipinski definition) is 2. The lowest BCUT2D eigenvalue weighted by Gasteiger charge is -2.05. The average molecular weight is 216 g/mol. The van der Waals surface area contributed by atoms with Crippen LogP contribution in [0.3, 0.4) is 0 Å². The Hall–Kier alpha value is -0.610. The van der Waals surface area contributed by atoms with Gasteiger partial charge in [-0.15, -0.1) is 0 Å². The molecule has 90 valence electrons. The zero-order valence-electron chi connectivity index (χ0n) is 9.97. The van der Waals surface area contributed by atoms with Gasteiger partial charge in [-0.25, -0.2) is 0 Å². The highest BCUT2D eigenvalue weighted by Gasteiger charge is 1.97. The van der Waals surface area contributed by atoms with Crippen LogP contribution in [-0.4, -0.2) is 38.8 Å². The fraction of sp³-hybridized carbons (Fsp3) is 0.909. The Morgan fingerprint density at radius 3 is 2.60 bits per heavy atom. The van der Waals surface area contributed by atoms with Crippen molar-refractivity contribution in [1.82, 2.24) is 10.6 Å². The molecule has 0 aliphatic rings. The van der Waals surface area contributed by atoms with Gasteiger partial charge in [0.1, 0.15) is 0 Å². The van der Waals surface area contributed by atoms with E-state index < -0.39 is 0 Å². The van der Waals surface area contributed by atoms with Crippen LogP contribution in [0.4, 0.5) is 0 Å². The molecule has 0 atom stereocenters. The van der Waals surface area contributed by atoms with Gasteiger partial charge < -0.3 is 15.4 Å². The highest BCUT2D eigenvalue weighted by molar-refractivity contribution is 5.77. The molecule has 2 N–H and O–H groups in total. The zero-order valence-corrected chi connectivity index (χ0v) is 9.97. The van der Waals surface area contributed by atoms with Crippen LogP contribution in [0.15, 0.2) is 0 Å². The van der Waals surface area contributed by atoms with E-state index in [9.17, 15) is 4.79 Å². The first-order valence-corrected chi connectivity index (χ1v) is 5.86. The maximum Gasteiger partial charge on any atom is 0.233 e. The molecular weight excluding hydrogens is 192 g/mol. The van der Waals surface area contributed by atoms with Gasteiger partial charge in [0.25, 0.3) is 0 Å². The normalized spacial score (nSPS) is 10.3. The minimum atomic E-state index is 0.0753. The third-order valence-electron chi connectivity index (χ3n) is 1.85. The maximum absolute atomic E-state index is 11.1. The predicted molar refractivity (Wildman–Crippen MR) is 61.9 cm³/mol. The van der Waals surface area contributed by atoms with E-state index in [2.05, 4.69) is 17.6 Å². The predicted octanol–water partition coefficient (Wildman–Crippen LogP) is 0.919. The molecule has 0 heterocycles. The molecular formula is C11H24N2O2. The first-order chi connectivity index (χ1) is 7.31. The van der Waals surface area contributed by atoms with E-state index in [4.69, 9.17) is 4.74 Å². The number of rotatable bonds is 10. The van der Waals surface area contributed by atoms with E-state index in [0.717, 1.165) is 45.6 Å². The first-order valence-electron chi connectivity index (χ1n) is 5.86. The van der Waals surface area contributed by atoms with Crippen LogP contribution in [-0.2, 0) is 9.53 Å². The van der Waals surface area contributed by atoms with Crippen molar-refractivity contribution in [2.24, 2.45) is 0 Å². The summed E-state index contributed by atoms with van der Waals surface area (Å²) >= 11 is 0. The second-order valence-electron chi connectivity index (χ2n) is 3.49.